The van der Waals surface area contributed by atoms with E-state index in [1.165, 1.54) is 7.11 Å². The lowest BCUT2D eigenvalue weighted by Gasteiger charge is -2.47. The Labute approximate surface area is 117 Å². The Bertz CT molecular complexity index is 315. The Kier molecular flexibility index (Phi) is 5.39. The van der Waals surface area contributed by atoms with Gasteiger partial charge in [-0.1, -0.05) is 20.8 Å². The van der Waals surface area contributed by atoms with Gasteiger partial charge in [-0.15, -0.1) is 0 Å². The maximum Gasteiger partial charge on any atom is 0.326 e. The maximum atomic E-state index is 12.3. The molecule has 0 aliphatic heterocycles. The molecule has 0 saturated heterocycles. The minimum atomic E-state index is -0.500. The summed E-state index contributed by atoms with van der Waals surface area (Å²) >= 11 is 0. The van der Waals surface area contributed by atoms with E-state index >= 15 is 0 Å². The second kappa shape index (κ2) is 6.23. The number of ether oxygens (including phenoxy) is 1. The number of carbonyl (C=O) groups is 1. The van der Waals surface area contributed by atoms with Gasteiger partial charge in [0.05, 0.1) is 7.11 Å². The van der Waals surface area contributed by atoms with Crippen molar-refractivity contribution in [3.63, 3.8) is 0 Å². The molecule has 112 valence electrons. The normalized spacial score (nSPS) is 30.4. The van der Waals surface area contributed by atoms with Crippen molar-refractivity contribution in [3.05, 3.63) is 0 Å². The first kappa shape index (κ1) is 16.4. The largest absolute Gasteiger partial charge is 0.468 e. The van der Waals surface area contributed by atoms with Crippen LogP contribution in [0.4, 0.5) is 0 Å². The first-order valence-corrected chi connectivity index (χ1v) is 7.22. The van der Waals surface area contributed by atoms with Crippen molar-refractivity contribution >= 4 is 5.97 Å². The van der Waals surface area contributed by atoms with E-state index in [9.17, 15) is 4.79 Å². The van der Waals surface area contributed by atoms with Gasteiger partial charge >= 0.3 is 5.97 Å². The van der Waals surface area contributed by atoms with Crippen LogP contribution in [-0.2, 0) is 9.53 Å². The third-order valence-corrected chi connectivity index (χ3v) is 4.45. The fraction of sp³-hybridized carbons (Fsp3) is 0.933. The summed E-state index contributed by atoms with van der Waals surface area (Å²) in [6.07, 6.45) is 2.97. The highest BCUT2D eigenvalue weighted by atomic mass is 16.5. The second-order valence-corrected chi connectivity index (χ2v) is 6.96. The average Bonchev–Trinajstić information content (AvgIpc) is 2.30. The van der Waals surface area contributed by atoms with Gasteiger partial charge < -0.3 is 15.0 Å². The Balaban J connectivity index is 2.79. The highest BCUT2D eigenvalue weighted by Crippen LogP contribution is 2.44. The number of methoxy groups -OCH3 is 1. The smallest absolute Gasteiger partial charge is 0.326 e. The van der Waals surface area contributed by atoms with Crippen LogP contribution in [0.25, 0.3) is 0 Å². The number of nitrogens with one attached hydrogen (secondary N) is 1. The zero-order valence-corrected chi connectivity index (χ0v) is 13.4. The van der Waals surface area contributed by atoms with Gasteiger partial charge in [-0.05, 0) is 44.7 Å². The van der Waals surface area contributed by atoms with Crippen LogP contribution in [0.2, 0.25) is 0 Å². The highest BCUT2D eigenvalue weighted by molar-refractivity contribution is 5.81. The van der Waals surface area contributed by atoms with Crippen LogP contribution < -0.4 is 5.32 Å². The molecule has 0 spiro atoms. The molecule has 1 rings (SSSR count). The van der Waals surface area contributed by atoms with Gasteiger partial charge in [0.2, 0.25) is 0 Å². The van der Waals surface area contributed by atoms with E-state index in [0.717, 1.165) is 32.4 Å². The molecule has 1 saturated carbocycles. The van der Waals surface area contributed by atoms with Crippen molar-refractivity contribution in [2.75, 3.05) is 34.3 Å². The van der Waals surface area contributed by atoms with Crippen LogP contribution in [0, 0.1) is 11.3 Å². The zero-order chi connectivity index (χ0) is 14.7. The molecular formula is C15H30N2O2. The molecule has 1 aliphatic carbocycles. The summed E-state index contributed by atoms with van der Waals surface area (Å²) < 4.78 is 5.07. The van der Waals surface area contributed by atoms with Crippen LogP contribution in [0.5, 0.6) is 0 Å². The predicted octanol–water partition coefficient (Wildman–Crippen LogP) is 1.90. The molecule has 2 unspecified atom stereocenters. The molecule has 1 N–H and O–H groups in total. The van der Waals surface area contributed by atoms with Crippen LogP contribution in [0.15, 0.2) is 0 Å². The third kappa shape index (κ3) is 3.93. The van der Waals surface area contributed by atoms with Crippen molar-refractivity contribution in [1.82, 2.24) is 10.2 Å². The monoisotopic (exact) mass is 270 g/mol. The lowest BCUT2D eigenvalue weighted by atomic mass is 9.63. The zero-order valence-electron chi connectivity index (χ0n) is 13.4. The lowest BCUT2D eigenvalue weighted by Crippen LogP contribution is -2.61. The standard InChI is InChI=1S/C15H30N2O2/c1-12-11-14(2,3)7-8-15(12,13(18)19-6)16-9-10-17(4)5/h12,16H,7-11H2,1-6H3. The van der Waals surface area contributed by atoms with Crippen LogP contribution in [0.1, 0.15) is 40.0 Å². The van der Waals surface area contributed by atoms with Gasteiger partial charge in [-0.2, -0.15) is 0 Å². The van der Waals surface area contributed by atoms with Crippen LogP contribution in [-0.4, -0.2) is 50.7 Å². The molecule has 2 atom stereocenters. The molecule has 0 aromatic rings. The first-order valence-electron chi connectivity index (χ1n) is 7.22. The summed E-state index contributed by atoms with van der Waals surface area (Å²) in [4.78, 5) is 14.4. The Morgan fingerprint density at radius 2 is 2.00 bits per heavy atom. The highest BCUT2D eigenvalue weighted by Gasteiger charge is 2.49. The van der Waals surface area contributed by atoms with E-state index < -0.39 is 5.54 Å². The van der Waals surface area contributed by atoms with E-state index in [-0.39, 0.29) is 5.97 Å². The average molecular weight is 270 g/mol. The number of hydrogen-bond acceptors (Lipinski definition) is 4. The van der Waals surface area contributed by atoms with Crippen molar-refractivity contribution in [3.8, 4) is 0 Å². The summed E-state index contributed by atoms with van der Waals surface area (Å²) in [5.74, 6) is 0.195. The summed E-state index contributed by atoms with van der Waals surface area (Å²) in [5, 5.41) is 3.49. The van der Waals surface area contributed by atoms with Gasteiger partial charge in [0, 0.05) is 13.1 Å². The quantitative estimate of drug-likeness (QED) is 0.775. The molecule has 0 bridgehead atoms. The van der Waals surface area contributed by atoms with Gasteiger partial charge in [0.25, 0.3) is 0 Å². The van der Waals surface area contributed by atoms with Gasteiger partial charge in [0.1, 0.15) is 5.54 Å². The lowest BCUT2D eigenvalue weighted by molar-refractivity contribution is -0.154. The van der Waals surface area contributed by atoms with Crippen LogP contribution >= 0.6 is 0 Å². The van der Waals surface area contributed by atoms with Gasteiger partial charge in [0.15, 0.2) is 0 Å². The van der Waals surface area contributed by atoms with E-state index in [1.807, 2.05) is 14.1 Å². The fourth-order valence-electron chi connectivity index (χ4n) is 3.21. The van der Waals surface area contributed by atoms with E-state index in [0.29, 0.717) is 11.3 Å². The van der Waals surface area contributed by atoms with Crippen molar-refractivity contribution in [2.45, 2.75) is 45.6 Å². The molecule has 4 heteroatoms. The number of carbonyl (C=O) groups excluding carboxylic acids is 1. The van der Waals surface area contributed by atoms with Crippen molar-refractivity contribution in [2.24, 2.45) is 11.3 Å². The van der Waals surface area contributed by atoms with E-state index in [2.05, 4.69) is 31.0 Å². The molecular weight excluding hydrogens is 240 g/mol. The molecule has 0 amide bonds. The molecule has 1 aliphatic rings. The van der Waals surface area contributed by atoms with Gasteiger partial charge in [-0.25, -0.2) is 0 Å². The molecule has 0 heterocycles. The summed E-state index contributed by atoms with van der Waals surface area (Å²) in [7, 11) is 5.57. The summed E-state index contributed by atoms with van der Waals surface area (Å²) in [6.45, 7) is 8.47. The number of hydrogen-bond donors (Lipinski definition) is 1. The Morgan fingerprint density at radius 3 is 2.47 bits per heavy atom. The molecule has 19 heavy (non-hydrogen) atoms. The minimum absolute atomic E-state index is 0.103. The maximum absolute atomic E-state index is 12.3. The van der Waals surface area contributed by atoms with Crippen molar-refractivity contribution in [1.29, 1.82) is 0 Å². The van der Waals surface area contributed by atoms with E-state index in [1.54, 1.807) is 0 Å². The predicted molar refractivity (Wildman–Crippen MR) is 78.1 cm³/mol. The summed E-state index contributed by atoms with van der Waals surface area (Å²) in [5.41, 5.74) is -0.180. The molecule has 0 aromatic heterocycles. The number of nitrogens with zero attached hydrogens (tertiary/aromatic N) is 1. The van der Waals surface area contributed by atoms with E-state index in [4.69, 9.17) is 4.74 Å². The van der Waals surface area contributed by atoms with Crippen LogP contribution in [0.3, 0.4) is 0 Å². The molecule has 0 aromatic carbocycles. The van der Waals surface area contributed by atoms with Crippen molar-refractivity contribution < 1.29 is 9.53 Å². The Hall–Kier alpha value is -0.610. The SMILES string of the molecule is COC(=O)C1(NCCN(C)C)CCC(C)(C)CC1C. The van der Waals surface area contributed by atoms with Gasteiger partial charge in [-0.3, -0.25) is 4.79 Å². The Morgan fingerprint density at radius 1 is 1.37 bits per heavy atom. The second-order valence-electron chi connectivity index (χ2n) is 6.96. The number of esters is 1. The molecule has 4 nitrogen and oxygen atoms in total. The fourth-order valence-corrected chi connectivity index (χ4v) is 3.21. The number of likely N-dealkylation sites (N-methyl/N-ethyl adjacent to an activating group) is 1. The summed E-state index contributed by atoms with van der Waals surface area (Å²) in [6, 6.07) is 0. The molecule has 0 radical (unpaired) electrons. The minimum Gasteiger partial charge on any atom is -0.468 e. The third-order valence-electron chi connectivity index (χ3n) is 4.45. The topological polar surface area (TPSA) is 41.6 Å². The first-order chi connectivity index (χ1) is 8.73. The number of rotatable bonds is 5. The molecule has 1 fully saturated rings.